The van der Waals surface area contributed by atoms with Crippen molar-refractivity contribution < 1.29 is 18.7 Å². The molecule has 2 atom stereocenters. The number of carbonyl (C=O) groups is 2. The van der Waals surface area contributed by atoms with Crippen molar-refractivity contribution in [2.24, 2.45) is 0 Å². The van der Waals surface area contributed by atoms with Crippen LogP contribution in [0.15, 0.2) is 83.4 Å². The number of anilines is 1. The number of esters is 1. The summed E-state index contributed by atoms with van der Waals surface area (Å²) in [6.07, 6.45) is 1.97. The van der Waals surface area contributed by atoms with Gasteiger partial charge in [-0.1, -0.05) is 30.3 Å². The van der Waals surface area contributed by atoms with Crippen molar-refractivity contribution in [1.82, 2.24) is 15.2 Å². The van der Waals surface area contributed by atoms with E-state index in [2.05, 4.69) is 15.6 Å². The zero-order valence-corrected chi connectivity index (χ0v) is 23.3. The van der Waals surface area contributed by atoms with E-state index in [4.69, 9.17) is 21.4 Å². The van der Waals surface area contributed by atoms with Gasteiger partial charge >= 0.3 is 5.97 Å². The van der Waals surface area contributed by atoms with Crippen LogP contribution in [-0.4, -0.2) is 40.5 Å². The predicted octanol–water partition coefficient (Wildman–Crippen LogP) is 5.75. The third-order valence-corrected chi connectivity index (χ3v) is 7.28. The van der Waals surface area contributed by atoms with Gasteiger partial charge < -0.3 is 24.7 Å². The molecule has 0 saturated carbocycles. The van der Waals surface area contributed by atoms with Gasteiger partial charge in [-0.05, 0) is 79.7 Å². The number of amides is 1. The molecule has 2 aromatic carbocycles. The summed E-state index contributed by atoms with van der Waals surface area (Å²) in [6, 6.07) is 21.9. The Labute approximate surface area is 238 Å². The van der Waals surface area contributed by atoms with Gasteiger partial charge in [-0.2, -0.15) is 0 Å². The first-order valence-corrected chi connectivity index (χ1v) is 13.4. The van der Waals surface area contributed by atoms with Gasteiger partial charge in [-0.3, -0.25) is 9.78 Å². The average molecular weight is 555 g/mol. The number of methoxy groups -OCH3 is 1. The fourth-order valence-electron chi connectivity index (χ4n) is 4.84. The molecule has 0 spiro atoms. The van der Waals surface area contributed by atoms with Crippen LogP contribution in [0.4, 0.5) is 5.69 Å². The molecule has 0 bridgehead atoms. The normalized spacial score (nSPS) is 16.5. The smallest absolute Gasteiger partial charge is 0.337 e. The Morgan fingerprint density at radius 2 is 1.93 bits per heavy atom. The second-order valence-corrected chi connectivity index (χ2v) is 10.1. The lowest BCUT2D eigenvalue weighted by Gasteiger charge is -2.26. The van der Waals surface area contributed by atoms with Gasteiger partial charge in [0.05, 0.1) is 24.4 Å². The minimum absolute atomic E-state index is 0.101. The number of ether oxygens (including phenoxy) is 1. The number of hydrogen-bond acceptors (Lipinski definition) is 6. The molecule has 5 rings (SSSR count). The number of nitrogens with one attached hydrogen (secondary N) is 2. The van der Waals surface area contributed by atoms with Crippen LogP contribution in [0.3, 0.4) is 0 Å². The maximum absolute atomic E-state index is 13.0. The third kappa shape index (κ3) is 5.74. The maximum atomic E-state index is 13.0. The second-order valence-electron chi connectivity index (χ2n) is 9.71. The van der Waals surface area contributed by atoms with E-state index in [0.717, 1.165) is 28.1 Å². The highest BCUT2D eigenvalue weighted by atomic mass is 32.1. The number of furan rings is 1. The number of aryl methyl sites for hydroxylation is 2. The van der Waals surface area contributed by atoms with Crippen molar-refractivity contribution in [2.45, 2.75) is 32.4 Å². The van der Waals surface area contributed by atoms with Crippen LogP contribution >= 0.6 is 12.2 Å². The van der Waals surface area contributed by atoms with E-state index in [-0.39, 0.29) is 24.4 Å². The average Bonchev–Trinajstić information content (AvgIpc) is 3.58. The number of nitrogens with zero attached hydrogens (tertiary/aromatic N) is 2. The van der Waals surface area contributed by atoms with Gasteiger partial charge in [-0.25, -0.2) is 4.79 Å². The SMILES string of the molecule is COC(=O)c1cccc(-c2ccc([C@H]3[C@@H](c4ccccn4)NC(=S)N3CCC(=O)Nc3cc(C)ccc3C)o2)c1. The standard InChI is InChI=1S/C31H30N4O4S/c1-19-10-11-20(2)24(17-19)33-27(36)14-16-35-29(28(34-31(35)40)23-9-4-5-15-32-23)26-13-12-25(39-26)21-7-6-8-22(18-21)30(37)38-3/h4-13,15,17-18,28-29H,14,16H2,1-3H3,(H,33,36)(H,34,40)/t28-,29+/m1/s1. The summed E-state index contributed by atoms with van der Waals surface area (Å²) in [5.74, 6) is 0.748. The summed E-state index contributed by atoms with van der Waals surface area (Å²) in [6.45, 7) is 4.34. The molecule has 0 unspecified atom stereocenters. The van der Waals surface area contributed by atoms with Crippen LogP contribution in [0, 0.1) is 13.8 Å². The van der Waals surface area contributed by atoms with Gasteiger partial charge in [0.15, 0.2) is 5.11 Å². The lowest BCUT2D eigenvalue weighted by Crippen LogP contribution is -2.32. The zero-order valence-electron chi connectivity index (χ0n) is 22.5. The monoisotopic (exact) mass is 554 g/mol. The lowest BCUT2D eigenvalue weighted by atomic mass is 10.0. The summed E-state index contributed by atoms with van der Waals surface area (Å²) < 4.78 is 11.2. The Hall–Kier alpha value is -4.50. The van der Waals surface area contributed by atoms with Crippen molar-refractivity contribution in [2.75, 3.05) is 19.0 Å². The molecule has 1 aliphatic heterocycles. The summed E-state index contributed by atoms with van der Waals surface area (Å²) in [5, 5.41) is 6.93. The highest BCUT2D eigenvalue weighted by Crippen LogP contribution is 2.40. The molecule has 4 aromatic rings. The van der Waals surface area contributed by atoms with Gasteiger partial charge in [0.1, 0.15) is 17.6 Å². The molecule has 40 heavy (non-hydrogen) atoms. The van der Waals surface area contributed by atoms with E-state index in [9.17, 15) is 9.59 Å². The first-order chi connectivity index (χ1) is 19.3. The molecule has 1 amide bonds. The fourth-order valence-corrected chi connectivity index (χ4v) is 5.18. The molecule has 204 valence electrons. The Balaban J connectivity index is 1.41. The summed E-state index contributed by atoms with van der Waals surface area (Å²) in [7, 11) is 1.35. The Kier molecular flexibility index (Phi) is 7.93. The summed E-state index contributed by atoms with van der Waals surface area (Å²) in [4.78, 5) is 31.5. The van der Waals surface area contributed by atoms with Crippen molar-refractivity contribution in [3.8, 4) is 11.3 Å². The highest BCUT2D eigenvalue weighted by molar-refractivity contribution is 7.80. The molecule has 1 fully saturated rings. The fraction of sp³-hybridized carbons (Fsp3) is 0.226. The van der Waals surface area contributed by atoms with E-state index < -0.39 is 5.97 Å². The molecule has 1 saturated heterocycles. The Bertz CT molecular complexity index is 1550. The van der Waals surface area contributed by atoms with Gasteiger partial charge in [0, 0.05) is 30.4 Å². The van der Waals surface area contributed by atoms with Gasteiger partial charge in [0.25, 0.3) is 0 Å². The molecular weight excluding hydrogens is 524 g/mol. The van der Waals surface area contributed by atoms with E-state index in [1.807, 2.05) is 73.3 Å². The number of pyridine rings is 1. The van der Waals surface area contributed by atoms with Crippen LogP contribution in [0.5, 0.6) is 0 Å². The third-order valence-electron chi connectivity index (χ3n) is 6.93. The number of carbonyl (C=O) groups excluding carboxylic acids is 2. The maximum Gasteiger partial charge on any atom is 0.337 e. The molecule has 2 N–H and O–H groups in total. The van der Waals surface area contributed by atoms with Gasteiger partial charge in [-0.15, -0.1) is 0 Å². The molecule has 9 heteroatoms. The van der Waals surface area contributed by atoms with E-state index >= 15 is 0 Å². The first-order valence-electron chi connectivity index (χ1n) is 13.0. The van der Waals surface area contributed by atoms with E-state index in [1.54, 1.807) is 24.4 Å². The number of hydrogen-bond donors (Lipinski definition) is 2. The topological polar surface area (TPSA) is 96.7 Å². The zero-order chi connectivity index (χ0) is 28.2. The molecule has 0 radical (unpaired) electrons. The first kappa shape index (κ1) is 27.1. The minimum Gasteiger partial charge on any atom is -0.465 e. The van der Waals surface area contributed by atoms with Crippen molar-refractivity contribution in [1.29, 1.82) is 0 Å². The minimum atomic E-state index is -0.417. The summed E-state index contributed by atoms with van der Waals surface area (Å²) in [5.41, 5.74) is 4.88. The van der Waals surface area contributed by atoms with E-state index in [1.165, 1.54) is 7.11 Å². The van der Waals surface area contributed by atoms with Crippen molar-refractivity contribution >= 4 is 34.9 Å². The molecular formula is C31H30N4O4S. The highest BCUT2D eigenvalue weighted by Gasteiger charge is 2.41. The van der Waals surface area contributed by atoms with Crippen LogP contribution in [0.25, 0.3) is 11.3 Å². The molecule has 3 heterocycles. The van der Waals surface area contributed by atoms with Crippen molar-refractivity contribution in [3.63, 3.8) is 0 Å². The molecule has 0 aliphatic carbocycles. The lowest BCUT2D eigenvalue weighted by molar-refractivity contribution is -0.116. The van der Waals surface area contributed by atoms with Crippen LogP contribution in [0.2, 0.25) is 0 Å². The van der Waals surface area contributed by atoms with E-state index in [0.29, 0.717) is 28.7 Å². The number of benzene rings is 2. The second kappa shape index (κ2) is 11.7. The number of thiocarbonyl (C=S) groups is 1. The van der Waals surface area contributed by atoms with Gasteiger partial charge in [0.2, 0.25) is 5.91 Å². The largest absolute Gasteiger partial charge is 0.465 e. The molecule has 2 aromatic heterocycles. The van der Waals surface area contributed by atoms with Crippen LogP contribution in [-0.2, 0) is 9.53 Å². The number of aromatic nitrogens is 1. The van der Waals surface area contributed by atoms with Crippen molar-refractivity contribution in [3.05, 3.63) is 107 Å². The van der Waals surface area contributed by atoms with Crippen LogP contribution in [0.1, 0.15) is 51.4 Å². The predicted molar refractivity (Wildman–Crippen MR) is 157 cm³/mol. The molecule has 8 nitrogen and oxygen atoms in total. The number of rotatable bonds is 8. The quantitative estimate of drug-likeness (QED) is 0.210. The molecule has 1 aliphatic rings. The Morgan fingerprint density at radius 1 is 1.07 bits per heavy atom. The van der Waals surface area contributed by atoms with Crippen LogP contribution < -0.4 is 10.6 Å². The Morgan fingerprint density at radius 3 is 2.70 bits per heavy atom. The summed E-state index contributed by atoms with van der Waals surface area (Å²) >= 11 is 5.74.